The highest BCUT2D eigenvalue weighted by molar-refractivity contribution is 5.25. The number of aliphatic hydroxyl groups is 2. The van der Waals surface area contributed by atoms with E-state index < -0.39 is 0 Å². The van der Waals surface area contributed by atoms with Crippen LogP contribution in [0, 0.1) is 46.3 Å². The minimum atomic E-state index is -0.0916. The predicted octanol–water partition coefficient (Wildman–Crippen LogP) is 6.75. The van der Waals surface area contributed by atoms with Gasteiger partial charge in [-0.05, 0) is 104 Å². The van der Waals surface area contributed by atoms with Crippen molar-refractivity contribution in [1.82, 2.24) is 0 Å². The van der Waals surface area contributed by atoms with E-state index in [4.69, 9.17) is 0 Å². The molecule has 4 aliphatic rings. The lowest BCUT2D eigenvalue weighted by molar-refractivity contribution is -0.0510. The van der Waals surface area contributed by atoms with Gasteiger partial charge in [-0.1, -0.05) is 58.6 Å². The summed E-state index contributed by atoms with van der Waals surface area (Å²) in [6.45, 7) is 10.1. The largest absolute Gasteiger partial charge is 0.396 e. The molecule has 3 saturated carbocycles. The van der Waals surface area contributed by atoms with Crippen LogP contribution in [0.25, 0.3) is 0 Å². The lowest BCUT2D eigenvalue weighted by Crippen LogP contribution is -2.50. The van der Waals surface area contributed by atoms with Crippen molar-refractivity contribution in [3.05, 3.63) is 11.6 Å². The number of hydrogen-bond acceptors (Lipinski definition) is 2. The normalized spacial score (nSPS) is 45.1. The second-order valence-corrected chi connectivity index (χ2v) is 12.2. The summed E-state index contributed by atoms with van der Waals surface area (Å²) in [6.07, 6.45) is 17.9. The molecule has 2 heteroatoms. The fourth-order valence-corrected chi connectivity index (χ4v) is 8.89. The van der Waals surface area contributed by atoms with E-state index in [2.05, 4.69) is 33.8 Å². The summed E-state index contributed by atoms with van der Waals surface area (Å²) in [5.41, 5.74) is 2.53. The monoisotopic (exact) mass is 416 g/mol. The molecule has 0 heterocycles. The third kappa shape index (κ3) is 3.83. The standard InChI is InChI=1S/C28H48O2/c1-5-20(19(2)18-29)7-6-8-21-10-12-25-24-11-9-22-17-23(30)13-15-28(22,4)26(24)14-16-27(21,25)3/h9,19-21,23-26,29-30H,5-8,10-18H2,1-4H3/t19-,20+,21-,23-,24?,25?,26?,27+,28-/m0/s1. The van der Waals surface area contributed by atoms with Gasteiger partial charge >= 0.3 is 0 Å². The van der Waals surface area contributed by atoms with Crippen LogP contribution in [0.5, 0.6) is 0 Å². The van der Waals surface area contributed by atoms with Crippen molar-refractivity contribution in [3.8, 4) is 0 Å². The molecule has 4 aliphatic carbocycles. The van der Waals surface area contributed by atoms with Gasteiger partial charge in [-0.15, -0.1) is 0 Å². The molecule has 0 spiro atoms. The Morgan fingerprint density at radius 1 is 1.10 bits per heavy atom. The highest BCUT2D eigenvalue weighted by Gasteiger charge is 2.58. The lowest BCUT2D eigenvalue weighted by atomic mass is 9.47. The predicted molar refractivity (Wildman–Crippen MR) is 125 cm³/mol. The zero-order valence-corrected chi connectivity index (χ0v) is 20.2. The van der Waals surface area contributed by atoms with Crippen LogP contribution in [0.4, 0.5) is 0 Å². The van der Waals surface area contributed by atoms with E-state index in [1.165, 1.54) is 64.2 Å². The van der Waals surface area contributed by atoms with Gasteiger partial charge in [0.15, 0.2) is 0 Å². The first-order valence-corrected chi connectivity index (χ1v) is 13.3. The second-order valence-electron chi connectivity index (χ2n) is 12.2. The number of rotatable bonds is 7. The van der Waals surface area contributed by atoms with Crippen molar-refractivity contribution in [2.45, 2.75) is 111 Å². The minimum Gasteiger partial charge on any atom is -0.396 e. The van der Waals surface area contributed by atoms with Crippen LogP contribution in [0.2, 0.25) is 0 Å². The Kier molecular flexibility index (Phi) is 6.77. The summed E-state index contributed by atoms with van der Waals surface area (Å²) in [4.78, 5) is 0. The van der Waals surface area contributed by atoms with E-state index in [9.17, 15) is 10.2 Å². The molecule has 0 amide bonds. The third-order valence-corrected chi connectivity index (χ3v) is 11.0. The summed E-state index contributed by atoms with van der Waals surface area (Å²) < 4.78 is 0. The first-order chi connectivity index (χ1) is 14.3. The van der Waals surface area contributed by atoms with E-state index >= 15 is 0 Å². The van der Waals surface area contributed by atoms with Crippen LogP contribution in [-0.4, -0.2) is 22.9 Å². The fourth-order valence-electron chi connectivity index (χ4n) is 8.89. The molecule has 0 bridgehead atoms. The van der Waals surface area contributed by atoms with E-state index in [0.29, 0.717) is 29.3 Å². The molecular formula is C28H48O2. The first kappa shape index (κ1) is 22.8. The van der Waals surface area contributed by atoms with Gasteiger partial charge in [-0.25, -0.2) is 0 Å². The highest BCUT2D eigenvalue weighted by Crippen LogP contribution is 2.66. The Hall–Kier alpha value is -0.340. The number of aliphatic hydroxyl groups excluding tert-OH is 2. The second kappa shape index (κ2) is 8.89. The van der Waals surface area contributed by atoms with Crippen LogP contribution in [0.3, 0.4) is 0 Å². The Morgan fingerprint density at radius 2 is 1.90 bits per heavy atom. The van der Waals surface area contributed by atoms with Crippen molar-refractivity contribution >= 4 is 0 Å². The summed E-state index contributed by atoms with van der Waals surface area (Å²) >= 11 is 0. The van der Waals surface area contributed by atoms with Gasteiger partial charge in [0.1, 0.15) is 0 Å². The molecule has 172 valence electrons. The molecule has 2 nitrogen and oxygen atoms in total. The zero-order chi connectivity index (χ0) is 21.5. The Morgan fingerprint density at radius 3 is 2.63 bits per heavy atom. The van der Waals surface area contributed by atoms with Gasteiger partial charge in [-0.2, -0.15) is 0 Å². The first-order valence-electron chi connectivity index (χ1n) is 13.3. The van der Waals surface area contributed by atoms with Crippen LogP contribution in [-0.2, 0) is 0 Å². The van der Waals surface area contributed by atoms with Gasteiger partial charge in [0.2, 0.25) is 0 Å². The molecule has 0 aliphatic heterocycles. The quantitative estimate of drug-likeness (QED) is 0.451. The van der Waals surface area contributed by atoms with Crippen molar-refractivity contribution < 1.29 is 10.2 Å². The molecule has 0 saturated heterocycles. The molecule has 2 N–H and O–H groups in total. The van der Waals surface area contributed by atoms with Gasteiger partial charge in [0.25, 0.3) is 0 Å². The highest BCUT2D eigenvalue weighted by atomic mass is 16.3. The van der Waals surface area contributed by atoms with Crippen LogP contribution in [0.1, 0.15) is 105 Å². The smallest absolute Gasteiger partial charge is 0.0577 e. The summed E-state index contributed by atoms with van der Waals surface area (Å²) in [5, 5.41) is 19.8. The van der Waals surface area contributed by atoms with Crippen molar-refractivity contribution in [1.29, 1.82) is 0 Å². The lowest BCUT2D eigenvalue weighted by Gasteiger charge is -2.58. The summed E-state index contributed by atoms with van der Waals surface area (Å²) in [7, 11) is 0. The maximum Gasteiger partial charge on any atom is 0.0577 e. The molecule has 0 aromatic carbocycles. The van der Waals surface area contributed by atoms with Gasteiger partial charge in [0, 0.05) is 6.61 Å². The number of fused-ring (bicyclic) bond motifs is 5. The van der Waals surface area contributed by atoms with Crippen molar-refractivity contribution in [3.63, 3.8) is 0 Å². The van der Waals surface area contributed by atoms with E-state index in [-0.39, 0.29) is 6.10 Å². The van der Waals surface area contributed by atoms with E-state index in [1.807, 2.05) is 0 Å². The summed E-state index contributed by atoms with van der Waals surface area (Å²) in [6, 6.07) is 0. The van der Waals surface area contributed by atoms with Crippen molar-refractivity contribution in [2.75, 3.05) is 6.61 Å². The summed E-state index contributed by atoms with van der Waals surface area (Å²) in [5.74, 6) is 4.72. The fraction of sp³-hybridized carbons (Fsp3) is 0.929. The Labute approximate surface area is 185 Å². The van der Waals surface area contributed by atoms with Gasteiger partial charge in [0.05, 0.1) is 6.10 Å². The van der Waals surface area contributed by atoms with Crippen LogP contribution < -0.4 is 0 Å². The van der Waals surface area contributed by atoms with Gasteiger partial charge in [-0.3, -0.25) is 0 Å². The zero-order valence-electron chi connectivity index (χ0n) is 20.2. The average Bonchev–Trinajstić information content (AvgIpc) is 3.07. The molecule has 9 atom stereocenters. The average molecular weight is 417 g/mol. The third-order valence-electron chi connectivity index (χ3n) is 11.0. The number of allylic oxidation sites excluding steroid dienone is 1. The Bertz CT molecular complexity index is 626. The van der Waals surface area contributed by atoms with Crippen LogP contribution >= 0.6 is 0 Å². The minimum absolute atomic E-state index is 0.0916. The van der Waals surface area contributed by atoms with Gasteiger partial charge < -0.3 is 10.2 Å². The number of hydrogen-bond donors (Lipinski definition) is 2. The van der Waals surface area contributed by atoms with E-state index in [0.717, 1.165) is 36.5 Å². The van der Waals surface area contributed by atoms with Crippen molar-refractivity contribution in [2.24, 2.45) is 46.3 Å². The topological polar surface area (TPSA) is 40.5 Å². The molecule has 0 aromatic heterocycles. The molecular weight excluding hydrogens is 368 g/mol. The van der Waals surface area contributed by atoms with Crippen LogP contribution in [0.15, 0.2) is 11.6 Å². The maximum atomic E-state index is 10.2. The Balaban J connectivity index is 1.41. The maximum absolute atomic E-state index is 10.2. The molecule has 0 radical (unpaired) electrons. The molecule has 3 unspecified atom stereocenters. The molecule has 30 heavy (non-hydrogen) atoms. The molecule has 0 aromatic rings. The van der Waals surface area contributed by atoms with E-state index in [1.54, 1.807) is 5.57 Å². The molecule has 4 rings (SSSR count). The molecule has 3 fully saturated rings. The SMILES string of the molecule is CC[C@H](CCC[C@H]1CCC2C3CC=C4C[C@@H](O)CC[C@]4(C)C3CC[C@@]21C)[C@@H](C)CO.